The number of hydrogen-bond donors (Lipinski definition) is 1. The topological polar surface area (TPSA) is 71.4 Å². The molecule has 6 heteroatoms. The molecule has 1 amide bonds. The Bertz CT molecular complexity index is 532. The van der Waals surface area contributed by atoms with Gasteiger partial charge >= 0.3 is 0 Å². The van der Waals surface area contributed by atoms with Gasteiger partial charge < -0.3 is 19.6 Å². The average Bonchev–Trinajstić information content (AvgIpc) is 2.54. The van der Waals surface area contributed by atoms with Crippen LogP contribution in [0.5, 0.6) is 11.5 Å². The number of piperidine rings is 1. The lowest BCUT2D eigenvalue weighted by Crippen LogP contribution is -2.39. The zero-order chi connectivity index (χ0) is 15.2. The fraction of sp³-hybridized carbons (Fsp3) is 0.467. The zero-order valence-electron chi connectivity index (χ0n) is 12.3. The normalized spacial score (nSPS) is 14.8. The van der Waals surface area contributed by atoms with Gasteiger partial charge in [0, 0.05) is 25.9 Å². The molecule has 1 aromatic rings. The van der Waals surface area contributed by atoms with Crippen LogP contribution in [0.1, 0.15) is 18.4 Å². The predicted molar refractivity (Wildman–Crippen MR) is 78.3 cm³/mol. The second kappa shape index (κ2) is 6.97. The van der Waals surface area contributed by atoms with E-state index >= 15 is 0 Å². The summed E-state index contributed by atoms with van der Waals surface area (Å²) in [4.78, 5) is 14.1. The monoisotopic (exact) mass is 292 g/mol. The molecule has 1 aromatic carbocycles. The molecule has 0 atom stereocenters. The van der Waals surface area contributed by atoms with Crippen molar-refractivity contribution in [3.05, 3.63) is 23.8 Å². The third-order valence-corrected chi connectivity index (χ3v) is 3.64. The zero-order valence-corrected chi connectivity index (χ0v) is 12.3. The highest BCUT2D eigenvalue weighted by Crippen LogP contribution is 2.27. The minimum absolute atomic E-state index is 0.0687. The molecular weight excluding hydrogens is 272 g/mol. The van der Waals surface area contributed by atoms with Crippen LogP contribution in [0.25, 0.3) is 0 Å². The highest BCUT2D eigenvalue weighted by atomic mass is 16.5. The van der Waals surface area contributed by atoms with Crippen molar-refractivity contribution in [2.24, 2.45) is 5.16 Å². The number of benzene rings is 1. The molecule has 0 aromatic heterocycles. The SMILES string of the molecule is COc1ccc(CC(=O)N2CCC(=NO)CC2)cc1OC. The van der Waals surface area contributed by atoms with E-state index in [1.807, 2.05) is 12.1 Å². The van der Waals surface area contributed by atoms with Gasteiger partial charge in [0.25, 0.3) is 0 Å². The van der Waals surface area contributed by atoms with Gasteiger partial charge in [0.15, 0.2) is 11.5 Å². The Labute approximate surface area is 124 Å². The average molecular weight is 292 g/mol. The summed E-state index contributed by atoms with van der Waals surface area (Å²) in [5, 5.41) is 11.9. The Balaban J connectivity index is 2.00. The predicted octanol–water partition coefficient (Wildman–Crippen LogP) is 1.70. The number of amides is 1. The van der Waals surface area contributed by atoms with Crippen molar-refractivity contribution in [3.8, 4) is 11.5 Å². The number of methoxy groups -OCH3 is 2. The van der Waals surface area contributed by atoms with Crippen molar-refractivity contribution >= 4 is 11.6 Å². The fourth-order valence-electron chi connectivity index (χ4n) is 2.39. The summed E-state index contributed by atoms with van der Waals surface area (Å²) >= 11 is 0. The third-order valence-electron chi connectivity index (χ3n) is 3.64. The molecule has 6 nitrogen and oxygen atoms in total. The Kier molecular flexibility index (Phi) is 5.03. The van der Waals surface area contributed by atoms with Crippen molar-refractivity contribution < 1.29 is 19.5 Å². The van der Waals surface area contributed by atoms with Crippen LogP contribution in [0.4, 0.5) is 0 Å². The number of ether oxygens (including phenoxy) is 2. The molecule has 0 unspecified atom stereocenters. The fourth-order valence-corrected chi connectivity index (χ4v) is 2.39. The van der Waals surface area contributed by atoms with Gasteiger partial charge in [-0.3, -0.25) is 4.79 Å². The number of carbonyl (C=O) groups excluding carboxylic acids is 1. The molecule has 1 aliphatic rings. The minimum Gasteiger partial charge on any atom is -0.493 e. The lowest BCUT2D eigenvalue weighted by Gasteiger charge is -2.27. The highest BCUT2D eigenvalue weighted by Gasteiger charge is 2.20. The van der Waals surface area contributed by atoms with E-state index in [9.17, 15) is 4.79 Å². The van der Waals surface area contributed by atoms with E-state index < -0.39 is 0 Å². The summed E-state index contributed by atoms with van der Waals surface area (Å²) in [7, 11) is 3.15. The van der Waals surface area contributed by atoms with E-state index in [-0.39, 0.29) is 5.91 Å². The van der Waals surface area contributed by atoms with Crippen LogP contribution in [0.3, 0.4) is 0 Å². The Hall–Kier alpha value is -2.24. The summed E-state index contributed by atoms with van der Waals surface area (Å²) in [6.07, 6.45) is 1.59. The summed E-state index contributed by atoms with van der Waals surface area (Å²) < 4.78 is 10.4. The van der Waals surface area contributed by atoms with Gasteiger partial charge in [0.05, 0.1) is 26.4 Å². The molecule has 0 aliphatic carbocycles. The van der Waals surface area contributed by atoms with Crippen LogP contribution in [0, 0.1) is 0 Å². The summed E-state index contributed by atoms with van der Waals surface area (Å²) in [5.74, 6) is 1.34. The first kappa shape index (κ1) is 15.2. The van der Waals surface area contributed by atoms with Crippen molar-refractivity contribution in [3.63, 3.8) is 0 Å². The van der Waals surface area contributed by atoms with E-state index in [1.165, 1.54) is 0 Å². The number of oxime groups is 1. The van der Waals surface area contributed by atoms with Gasteiger partial charge in [-0.2, -0.15) is 0 Å². The number of carbonyl (C=O) groups is 1. The van der Waals surface area contributed by atoms with Crippen molar-refractivity contribution in [2.45, 2.75) is 19.3 Å². The van der Waals surface area contributed by atoms with Crippen LogP contribution in [-0.4, -0.2) is 49.0 Å². The lowest BCUT2D eigenvalue weighted by molar-refractivity contribution is -0.130. The molecule has 0 radical (unpaired) electrons. The van der Waals surface area contributed by atoms with Crippen LogP contribution in [0.2, 0.25) is 0 Å². The van der Waals surface area contributed by atoms with Crippen LogP contribution >= 0.6 is 0 Å². The Morgan fingerprint density at radius 1 is 1.24 bits per heavy atom. The second-order valence-corrected chi connectivity index (χ2v) is 4.91. The first-order valence-corrected chi connectivity index (χ1v) is 6.86. The van der Waals surface area contributed by atoms with Gasteiger partial charge in [-0.1, -0.05) is 11.2 Å². The van der Waals surface area contributed by atoms with Gasteiger partial charge in [0.1, 0.15) is 0 Å². The number of hydrogen-bond acceptors (Lipinski definition) is 5. The first-order chi connectivity index (χ1) is 10.2. The number of rotatable bonds is 4. The summed E-state index contributed by atoms with van der Waals surface area (Å²) in [6.45, 7) is 1.21. The first-order valence-electron chi connectivity index (χ1n) is 6.86. The van der Waals surface area contributed by atoms with E-state index in [0.29, 0.717) is 43.9 Å². The van der Waals surface area contributed by atoms with E-state index in [0.717, 1.165) is 11.3 Å². The number of nitrogens with zero attached hydrogens (tertiary/aromatic N) is 2. The maximum atomic E-state index is 12.3. The van der Waals surface area contributed by atoms with Crippen molar-refractivity contribution in [2.75, 3.05) is 27.3 Å². The van der Waals surface area contributed by atoms with Gasteiger partial charge in [0.2, 0.25) is 5.91 Å². The van der Waals surface area contributed by atoms with Gasteiger partial charge in [-0.15, -0.1) is 0 Å². The minimum atomic E-state index is 0.0687. The molecule has 21 heavy (non-hydrogen) atoms. The van der Waals surface area contributed by atoms with Crippen molar-refractivity contribution in [1.29, 1.82) is 0 Å². The standard InChI is InChI=1S/C15H20N2O4/c1-20-13-4-3-11(9-14(13)21-2)10-15(18)17-7-5-12(16-19)6-8-17/h3-4,9,19H,5-8,10H2,1-2H3. The molecule has 0 spiro atoms. The van der Waals surface area contributed by atoms with E-state index in [4.69, 9.17) is 14.7 Å². The quantitative estimate of drug-likeness (QED) is 0.677. The Morgan fingerprint density at radius 2 is 1.90 bits per heavy atom. The van der Waals surface area contributed by atoms with Gasteiger partial charge in [-0.05, 0) is 17.7 Å². The van der Waals surface area contributed by atoms with E-state index in [2.05, 4.69) is 5.16 Å². The molecule has 1 N–H and O–H groups in total. The lowest BCUT2D eigenvalue weighted by atomic mass is 10.1. The molecule has 0 bridgehead atoms. The Morgan fingerprint density at radius 3 is 2.48 bits per heavy atom. The maximum Gasteiger partial charge on any atom is 0.227 e. The largest absolute Gasteiger partial charge is 0.493 e. The van der Waals surface area contributed by atoms with E-state index in [1.54, 1.807) is 25.2 Å². The molecule has 0 saturated carbocycles. The molecule has 1 fully saturated rings. The molecule has 1 aliphatic heterocycles. The van der Waals surface area contributed by atoms with Crippen LogP contribution in [0.15, 0.2) is 23.4 Å². The van der Waals surface area contributed by atoms with Crippen molar-refractivity contribution in [1.82, 2.24) is 4.90 Å². The summed E-state index contributed by atoms with van der Waals surface area (Å²) in [6, 6.07) is 5.49. The third kappa shape index (κ3) is 3.65. The molecule has 1 saturated heterocycles. The molecule has 114 valence electrons. The van der Waals surface area contributed by atoms with Crippen LogP contribution in [-0.2, 0) is 11.2 Å². The molecule has 1 heterocycles. The van der Waals surface area contributed by atoms with Gasteiger partial charge in [-0.25, -0.2) is 0 Å². The second-order valence-electron chi connectivity index (χ2n) is 4.91. The maximum absolute atomic E-state index is 12.3. The highest BCUT2D eigenvalue weighted by molar-refractivity contribution is 5.87. The molecular formula is C15H20N2O4. The number of likely N-dealkylation sites (tertiary alicyclic amines) is 1. The smallest absolute Gasteiger partial charge is 0.227 e. The molecule has 2 rings (SSSR count). The van der Waals surface area contributed by atoms with Crippen LogP contribution < -0.4 is 9.47 Å². The summed E-state index contributed by atoms with van der Waals surface area (Å²) in [5.41, 5.74) is 1.64.